The number of pyridine rings is 1. The van der Waals surface area contributed by atoms with E-state index in [1.807, 2.05) is 18.4 Å². The van der Waals surface area contributed by atoms with Crippen molar-refractivity contribution in [2.45, 2.75) is 26.8 Å². The molecule has 0 saturated carbocycles. The fourth-order valence-electron chi connectivity index (χ4n) is 2.90. The number of aromatic nitrogens is 1. The number of benzene rings is 2. The summed E-state index contributed by atoms with van der Waals surface area (Å²) >= 11 is 6.05. The molecule has 0 fully saturated rings. The van der Waals surface area contributed by atoms with Crippen molar-refractivity contribution in [3.05, 3.63) is 75.0 Å². The molecule has 1 amide bonds. The second kappa shape index (κ2) is 7.37. The summed E-state index contributed by atoms with van der Waals surface area (Å²) in [7, 11) is 0. The normalized spacial score (nSPS) is 11.0. The van der Waals surface area contributed by atoms with Gasteiger partial charge < -0.3 is 9.88 Å². The van der Waals surface area contributed by atoms with Crippen LogP contribution in [0.1, 0.15) is 47.5 Å². The highest BCUT2D eigenvalue weighted by Gasteiger charge is 2.17. The van der Waals surface area contributed by atoms with E-state index in [1.54, 1.807) is 48.7 Å². The molecule has 0 aliphatic carbocycles. The van der Waals surface area contributed by atoms with Crippen molar-refractivity contribution in [2.24, 2.45) is 0 Å². The van der Waals surface area contributed by atoms with Crippen molar-refractivity contribution < 1.29 is 9.59 Å². The molecule has 1 aromatic heterocycles. The van der Waals surface area contributed by atoms with Crippen LogP contribution >= 0.6 is 11.6 Å². The monoisotopic (exact) mass is 382 g/mol. The van der Waals surface area contributed by atoms with E-state index < -0.39 is 5.91 Å². The lowest BCUT2D eigenvalue weighted by Crippen LogP contribution is -2.24. The largest absolute Gasteiger partial charge is 0.344 e. The van der Waals surface area contributed by atoms with Crippen LogP contribution in [0.3, 0.4) is 0 Å². The molecule has 1 heterocycles. The van der Waals surface area contributed by atoms with Crippen molar-refractivity contribution in [3.63, 3.8) is 0 Å². The summed E-state index contributed by atoms with van der Waals surface area (Å²) in [5.41, 5.74) is 1.44. The van der Waals surface area contributed by atoms with Gasteiger partial charge in [-0.15, -0.1) is 0 Å². The fraction of sp³-hybridized carbons (Fsp3) is 0.190. The molecule has 3 aromatic rings. The smallest absolute Gasteiger partial charge is 0.261 e. The molecular weight excluding hydrogens is 364 g/mol. The highest BCUT2D eigenvalue weighted by Crippen LogP contribution is 2.21. The number of fused-ring (bicyclic) bond motifs is 1. The zero-order valence-electron chi connectivity index (χ0n) is 15.2. The number of halogens is 1. The Bertz CT molecular complexity index is 1100. The Kier molecular flexibility index (Phi) is 5.15. The molecule has 0 aliphatic rings. The summed E-state index contributed by atoms with van der Waals surface area (Å²) < 4.78 is 1.88. The summed E-state index contributed by atoms with van der Waals surface area (Å²) in [5.74, 6) is -0.564. The summed E-state index contributed by atoms with van der Waals surface area (Å²) in [6, 6.07) is 11.7. The SMILES string of the molecule is CC(=O)c1ccc(NC(=O)c2cn(C(C)C)c3ccc(Cl)cc3c2=O)cc1. The molecule has 0 saturated heterocycles. The number of Topliss-reactive ketones (excluding diaryl/α,β-unsaturated/α-hetero) is 1. The molecule has 0 unspecified atom stereocenters. The van der Waals surface area contributed by atoms with Gasteiger partial charge in [-0.1, -0.05) is 11.6 Å². The Morgan fingerprint density at radius 1 is 1.07 bits per heavy atom. The van der Waals surface area contributed by atoms with Gasteiger partial charge in [-0.2, -0.15) is 0 Å². The Hall–Kier alpha value is -2.92. The highest BCUT2D eigenvalue weighted by molar-refractivity contribution is 6.31. The van der Waals surface area contributed by atoms with Gasteiger partial charge >= 0.3 is 0 Å². The predicted molar refractivity (Wildman–Crippen MR) is 108 cm³/mol. The van der Waals surface area contributed by atoms with Crippen LogP contribution in [0.2, 0.25) is 5.02 Å². The number of carbonyl (C=O) groups is 2. The van der Waals surface area contributed by atoms with Crippen molar-refractivity contribution >= 4 is 39.9 Å². The number of amides is 1. The second-order valence-electron chi connectivity index (χ2n) is 6.62. The number of rotatable bonds is 4. The molecule has 0 bridgehead atoms. The zero-order chi connectivity index (χ0) is 19.7. The number of ketones is 1. The van der Waals surface area contributed by atoms with Crippen LogP contribution < -0.4 is 10.7 Å². The van der Waals surface area contributed by atoms with Crippen molar-refractivity contribution in [2.75, 3.05) is 5.32 Å². The van der Waals surface area contributed by atoms with E-state index in [-0.39, 0.29) is 22.8 Å². The van der Waals surface area contributed by atoms with Gasteiger partial charge in [0.2, 0.25) is 5.43 Å². The van der Waals surface area contributed by atoms with Gasteiger partial charge in [-0.3, -0.25) is 14.4 Å². The second-order valence-corrected chi connectivity index (χ2v) is 7.06. The van der Waals surface area contributed by atoms with Gasteiger partial charge in [-0.25, -0.2) is 0 Å². The molecule has 2 aromatic carbocycles. The summed E-state index contributed by atoms with van der Waals surface area (Å²) in [5, 5.41) is 3.55. The Balaban J connectivity index is 2.05. The van der Waals surface area contributed by atoms with E-state index >= 15 is 0 Å². The summed E-state index contributed by atoms with van der Waals surface area (Å²) in [6.07, 6.45) is 1.57. The molecule has 138 valence electrons. The Morgan fingerprint density at radius 2 is 1.74 bits per heavy atom. The molecule has 0 spiro atoms. The lowest BCUT2D eigenvalue weighted by Gasteiger charge is -2.17. The van der Waals surface area contributed by atoms with Gasteiger partial charge in [-0.05, 0) is 63.2 Å². The van der Waals surface area contributed by atoms with E-state index in [0.717, 1.165) is 5.52 Å². The van der Waals surface area contributed by atoms with Crippen LogP contribution in [0.4, 0.5) is 5.69 Å². The zero-order valence-corrected chi connectivity index (χ0v) is 16.0. The van der Waals surface area contributed by atoms with Gasteiger partial charge in [0.05, 0.1) is 5.52 Å². The average Bonchev–Trinajstić information content (AvgIpc) is 2.62. The first-order valence-electron chi connectivity index (χ1n) is 8.54. The van der Waals surface area contributed by atoms with E-state index in [4.69, 9.17) is 11.6 Å². The van der Waals surface area contributed by atoms with Crippen LogP contribution in [-0.2, 0) is 0 Å². The lowest BCUT2D eigenvalue weighted by molar-refractivity contribution is 0.101. The van der Waals surface area contributed by atoms with Gasteiger partial charge in [0.1, 0.15) is 5.56 Å². The first-order chi connectivity index (χ1) is 12.8. The third kappa shape index (κ3) is 3.78. The molecule has 27 heavy (non-hydrogen) atoms. The lowest BCUT2D eigenvalue weighted by atomic mass is 10.1. The van der Waals surface area contributed by atoms with Crippen LogP contribution in [0, 0.1) is 0 Å². The average molecular weight is 383 g/mol. The van der Waals surface area contributed by atoms with E-state index in [9.17, 15) is 14.4 Å². The minimum Gasteiger partial charge on any atom is -0.344 e. The molecule has 1 N–H and O–H groups in total. The fourth-order valence-corrected chi connectivity index (χ4v) is 3.08. The molecule has 3 rings (SSSR count). The summed E-state index contributed by atoms with van der Waals surface area (Å²) in [6.45, 7) is 5.42. The quantitative estimate of drug-likeness (QED) is 0.665. The molecule has 0 aliphatic heterocycles. The van der Waals surface area contributed by atoms with Crippen LogP contribution in [0.25, 0.3) is 10.9 Å². The Morgan fingerprint density at radius 3 is 2.33 bits per heavy atom. The number of anilines is 1. The molecular formula is C21H19ClN2O3. The first-order valence-corrected chi connectivity index (χ1v) is 8.92. The third-order valence-electron chi connectivity index (χ3n) is 4.34. The first kappa shape index (κ1) is 18.9. The van der Waals surface area contributed by atoms with Crippen molar-refractivity contribution in [1.82, 2.24) is 4.57 Å². The van der Waals surface area contributed by atoms with Crippen LogP contribution in [0.5, 0.6) is 0 Å². The standard InChI is InChI=1S/C21H19ClN2O3/c1-12(2)24-11-18(20(26)17-10-15(22)6-9-19(17)24)21(27)23-16-7-4-14(5-8-16)13(3)25/h4-12H,1-3H3,(H,23,27). The third-order valence-corrected chi connectivity index (χ3v) is 4.58. The van der Waals surface area contributed by atoms with Crippen molar-refractivity contribution in [1.29, 1.82) is 0 Å². The van der Waals surface area contributed by atoms with Crippen molar-refractivity contribution in [3.8, 4) is 0 Å². The predicted octanol–water partition coefficient (Wildman–Crippen LogP) is 4.69. The molecule has 6 heteroatoms. The number of nitrogens with one attached hydrogen (secondary N) is 1. The topological polar surface area (TPSA) is 68.2 Å². The maximum Gasteiger partial charge on any atom is 0.261 e. The highest BCUT2D eigenvalue weighted by atomic mass is 35.5. The maximum atomic E-state index is 12.9. The number of hydrogen-bond acceptors (Lipinski definition) is 3. The van der Waals surface area contributed by atoms with Crippen LogP contribution in [-0.4, -0.2) is 16.3 Å². The van der Waals surface area contributed by atoms with Gasteiger partial charge in [0.15, 0.2) is 5.78 Å². The van der Waals surface area contributed by atoms with Gasteiger partial charge in [0, 0.05) is 33.9 Å². The van der Waals surface area contributed by atoms with Crippen LogP contribution in [0.15, 0.2) is 53.5 Å². The molecule has 0 atom stereocenters. The number of nitrogens with zero attached hydrogens (tertiary/aromatic N) is 1. The summed E-state index contributed by atoms with van der Waals surface area (Å²) in [4.78, 5) is 36.9. The van der Waals surface area contributed by atoms with E-state index in [2.05, 4.69) is 5.32 Å². The Labute approximate surface area is 161 Å². The minimum atomic E-state index is -0.508. The van der Waals surface area contributed by atoms with E-state index in [1.165, 1.54) is 6.92 Å². The number of hydrogen-bond donors (Lipinski definition) is 1. The minimum absolute atomic E-state index is 0.0362. The van der Waals surface area contributed by atoms with Gasteiger partial charge in [0.25, 0.3) is 5.91 Å². The maximum absolute atomic E-state index is 12.9. The van der Waals surface area contributed by atoms with E-state index in [0.29, 0.717) is 21.7 Å². The molecule has 0 radical (unpaired) electrons. The number of carbonyl (C=O) groups excluding carboxylic acids is 2. The molecule has 5 nitrogen and oxygen atoms in total.